The standard InChI is InChI=1S/C12H23N3O2/c1-5-12(4)9(16)15(10(17)14-12)7-6-11(2,3)8-13/h5-8,13H2,1-4H3,(H,14,17). The highest BCUT2D eigenvalue weighted by Gasteiger charge is 2.46. The smallest absolute Gasteiger partial charge is 0.325 e. The van der Waals surface area contributed by atoms with Crippen LogP contribution in [0.15, 0.2) is 0 Å². The number of imide groups is 1. The molecule has 0 bridgehead atoms. The third-order valence-electron chi connectivity index (χ3n) is 3.62. The predicted molar refractivity (Wildman–Crippen MR) is 66.4 cm³/mol. The molecule has 0 aliphatic carbocycles. The number of rotatable bonds is 5. The van der Waals surface area contributed by atoms with E-state index in [-0.39, 0.29) is 17.4 Å². The fourth-order valence-electron chi connectivity index (χ4n) is 1.71. The number of nitrogens with zero attached hydrogens (tertiary/aromatic N) is 1. The number of urea groups is 1. The van der Waals surface area contributed by atoms with Crippen LogP contribution in [0.4, 0.5) is 4.79 Å². The van der Waals surface area contributed by atoms with Crippen LogP contribution < -0.4 is 11.1 Å². The van der Waals surface area contributed by atoms with E-state index in [1.807, 2.05) is 20.8 Å². The van der Waals surface area contributed by atoms with Gasteiger partial charge in [0.1, 0.15) is 5.54 Å². The Morgan fingerprint density at radius 3 is 2.41 bits per heavy atom. The van der Waals surface area contributed by atoms with E-state index in [0.29, 0.717) is 19.5 Å². The molecule has 3 N–H and O–H groups in total. The van der Waals surface area contributed by atoms with E-state index in [1.165, 1.54) is 4.90 Å². The van der Waals surface area contributed by atoms with Crippen molar-refractivity contribution in [2.45, 2.75) is 46.1 Å². The van der Waals surface area contributed by atoms with Crippen molar-refractivity contribution >= 4 is 11.9 Å². The van der Waals surface area contributed by atoms with Crippen LogP contribution in [0.3, 0.4) is 0 Å². The second kappa shape index (κ2) is 4.64. The van der Waals surface area contributed by atoms with E-state index in [4.69, 9.17) is 5.73 Å². The molecule has 1 unspecified atom stereocenters. The van der Waals surface area contributed by atoms with Gasteiger partial charge in [0.05, 0.1) is 0 Å². The van der Waals surface area contributed by atoms with Crippen molar-refractivity contribution in [2.24, 2.45) is 11.1 Å². The lowest BCUT2D eigenvalue weighted by atomic mass is 9.89. The summed E-state index contributed by atoms with van der Waals surface area (Å²) in [7, 11) is 0. The third-order valence-corrected chi connectivity index (χ3v) is 3.62. The summed E-state index contributed by atoms with van der Waals surface area (Å²) in [6.45, 7) is 8.70. The first-order valence-corrected chi connectivity index (χ1v) is 6.10. The summed E-state index contributed by atoms with van der Waals surface area (Å²) in [4.78, 5) is 25.1. The first-order valence-electron chi connectivity index (χ1n) is 6.10. The molecule has 1 rings (SSSR count). The van der Waals surface area contributed by atoms with Crippen LogP contribution in [0, 0.1) is 5.41 Å². The van der Waals surface area contributed by atoms with Gasteiger partial charge in [0.2, 0.25) is 0 Å². The van der Waals surface area contributed by atoms with Crippen molar-refractivity contribution in [1.29, 1.82) is 0 Å². The van der Waals surface area contributed by atoms with Gasteiger partial charge in [0.15, 0.2) is 0 Å². The second-order valence-corrected chi connectivity index (χ2v) is 5.69. The Hall–Kier alpha value is -1.10. The van der Waals surface area contributed by atoms with Crippen molar-refractivity contribution in [3.63, 3.8) is 0 Å². The van der Waals surface area contributed by atoms with Crippen LogP contribution in [-0.4, -0.2) is 35.5 Å². The zero-order valence-electron chi connectivity index (χ0n) is 11.2. The van der Waals surface area contributed by atoms with Gasteiger partial charge in [-0.1, -0.05) is 20.8 Å². The Bertz CT molecular complexity index is 328. The van der Waals surface area contributed by atoms with Gasteiger partial charge in [-0.15, -0.1) is 0 Å². The zero-order valence-corrected chi connectivity index (χ0v) is 11.2. The van der Waals surface area contributed by atoms with E-state index in [2.05, 4.69) is 5.32 Å². The first kappa shape index (κ1) is 14.0. The highest BCUT2D eigenvalue weighted by molar-refractivity contribution is 6.06. The van der Waals surface area contributed by atoms with Crippen LogP contribution >= 0.6 is 0 Å². The molecule has 17 heavy (non-hydrogen) atoms. The molecule has 0 radical (unpaired) electrons. The minimum Gasteiger partial charge on any atom is -0.330 e. The zero-order chi connectivity index (χ0) is 13.3. The van der Waals surface area contributed by atoms with E-state index in [0.717, 1.165) is 6.42 Å². The Kier molecular flexibility index (Phi) is 3.81. The summed E-state index contributed by atoms with van der Waals surface area (Å²) in [6.07, 6.45) is 1.33. The molecular weight excluding hydrogens is 218 g/mol. The molecule has 0 spiro atoms. The lowest BCUT2D eigenvalue weighted by Gasteiger charge is -2.25. The molecule has 1 saturated heterocycles. The molecule has 1 heterocycles. The fraction of sp³-hybridized carbons (Fsp3) is 0.833. The largest absolute Gasteiger partial charge is 0.330 e. The van der Waals surface area contributed by atoms with Crippen molar-refractivity contribution in [3.05, 3.63) is 0 Å². The fourth-order valence-corrected chi connectivity index (χ4v) is 1.71. The summed E-state index contributed by atoms with van der Waals surface area (Å²) >= 11 is 0. The number of carbonyl (C=O) groups excluding carboxylic acids is 2. The number of nitrogens with two attached hydrogens (primary N) is 1. The van der Waals surface area contributed by atoms with Gasteiger partial charge in [-0.25, -0.2) is 4.79 Å². The molecular formula is C12H23N3O2. The Labute approximate surface area is 103 Å². The van der Waals surface area contributed by atoms with E-state index in [9.17, 15) is 9.59 Å². The molecule has 1 atom stereocenters. The van der Waals surface area contributed by atoms with Gasteiger partial charge in [-0.05, 0) is 31.7 Å². The molecule has 1 aliphatic heterocycles. The summed E-state index contributed by atoms with van der Waals surface area (Å²) < 4.78 is 0. The highest BCUT2D eigenvalue weighted by atomic mass is 16.2. The number of hydrogen-bond donors (Lipinski definition) is 2. The van der Waals surface area contributed by atoms with E-state index < -0.39 is 5.54 Å². The first-order chi connectivity index (χ1) is 7.75. The van der Waals surface area contributed by atoms with Gasteiger partial charge in [-0.2, -0.15) is 0 Å². The van der Waals surface area contributed by atoms with Crippen LogP contribution in [0.1, 0.15) is 40.5 Å². The maximum atomic E-state index is 12.1. The topological polar surface area (TPSA) is 75.4 Å². The van der Waals surface area contributed by atoms with Crippen molar-refractivity contribution in [1.82, 2.24) is 10.2 Å². The summed E-state index contributed by atoms with van der Waals surface area (Å²) in [5.41, 5.74) is 4.85. The lowest BCUT2D eigenvalue weighted by Crippen LogP contribution is -2.43. The van der Waals surface area contributed by atoms with Crippen LogP contribution in [0.2, 0.25) is 0 Å². The van der Waals surface area contributed by atoms with Gasteiger partial charge < -0.3 is 11.1 Å². The second-order valence-electron chi connectivity index (χ2n) is 5.69. The van der Waals surface area contributed by atoms with Gasteiger partial charge in [-0.3, -0.25) is 9.69 Å². The molecule has 1 aliphatic rings. The Morgan fingerprint density at radius 1 is 1.41 bits per heavy atom. The van der Waals surface area contributed by atoms with Crippen molar-refractivity contribution < 1.29 is 9.59 Å². The molecule has 0 aromatic heterocycles. The number of hydrogen-bond acceptors (Lipinski definition) is 3. The van der Waals surface area contributed by atoms with Gasteiger partial charge in [0, 0.05) is 6.54 Å². The molecule has 0 saturated carbocycles. The van der Waals surface area contributed by atoms with Crippen LogP contribution in [-0.2, 0) is 4.79 Å². The number of amides is 3. The molecule has 0 aromatic rings. The Morgan fingerprint density at radius 2 is 2.00 bits per heavy atom. The maximum absolute atomic E-state index is 12.1. The average molecular weight is 241 g/mol. The summed E-state index contributed by atoms with van der Waals surface area (Å²) in [5, 5.41) is 2.74. The lowest BCUT2D eigenvalue weighted by molar-refractivity contribution is -0.131. The molecule has 1 fully saturated rings. The summed E-state index contributed by atoms with van der Waals surface area (Å²) in [5.74, 6) is -0.127. The van der Waals surface area contributed by atoms with Crippen molar-refractivity contribution in [2.75, 3.05) is 13.1 Å². The minimum atomic E-state index is -0.732. The Balaban J connectivity index is 2.68. The van der Waals surface area contributed by atoms with Gasteiger partial charge >= 0.3 is 6.03 Å². The molecule has 0 aromatic carbocycles. The highest BCUT2D eigenvalue weighted by Crippen LogP contribution is 2.24. The third kappa shape index (κ3) is 2.77. The SMILES string of the molecule is CCC1(C)NC(=O)N(CCC(C)(C)CN)C1=O. The summed E-state index contributed by atoms with van der Waals surface area (Å²) in [6, 6.07) is -0.285. The minimum absolute atomic E-state index is 0.0498. The van der Waals surface area contributed by atoms with Crippen LogP contribution in [0.5, 0.6) is 0 Å². The molecule has 5 heteroatoms. The molecule has 3 amide bonds. The van der Waals surface area contributed by atoms with E-state index in [1.54, 1.807) is 6.92 Å². The monoisotopic (exact) mass is 241 g/mol. The maximum Gasteiger partial charge on any atom is 0.325 e. The predicted octanol–water partition coefficient (Wildman–Crippen LogP) is 1.08. The normalized spacial score (nSPS) is 25.4. The number of nitrogens with one attached hydrogen (secondary N) is 1. The van der Waals surface area contributed by atoms with Crippen molar-refractivity contribution in [3.8, 4) is 0 Å². The van der Waals surface area contributed by atoms with Crippen LogP contribution in [0.25, 0.3) is 0 Å². The quantitative estimate of drug-likeness (QED) is 0.707. The average Bonchev–Trinajstić information content (AvgIpc) is 2.49. The molecule has 5 nitrogen and oxygen atoms in total. The number of carbonyl (C=O) groups is 2. The molecule has 98 valence electrons. The van der Waals surface area contributed by atoms with Gasteiger partial charge in [0.25, 0.3) is 5.91 Å². The van der Waals surface area contributed by atoms with E-state index >= 15 is 0 Å².